The molecule has 0 atom stereocenters. The average Bonchev–Trinajstić information content (AvgIpc) is 3.72. The van der Waals surface area contributed by atoms with Gasteiger partial charge in [0.2, 0.25) is 0 Å². The SMILES string of the molecule is c1ccc(-c2ccc3c4ccc(-n5ccc6c5ccc5c7ccccc7n(-c7ccccc7)c56)cc4c4ccccc4c3c2)cc1. The predicted molar refractivity (Wildman–Crippen MR) is 196 cm³/mol. The normalized spacial score (nSPS) is 11.9. The van der Waals surface area contributed by atoms with Gasteiger partial charge in [-0.3, -0.25) is 0 Å². The van der Waals surface area contributed by atoms with Gasteiger partial charge in [-0.2, -0.15) is 0 Å². The standard InChI is InChI=1S/C44H28N2/c1-3-11-29(12-4-1)30-19-21-35-36-22-20-32(28-41(36)34-16-8-7-15-33(34)40(35)27-30)45-26-25-39-42(45)24-23-38-37-17-9-10-18-43(37)46(44(38)39)31-13-5-2-6-14-31/h1-28H. The summed E-state index contributed by atoms with van der Waals surface area (Å²) in [5.74, 6) is 0. The highest BCUT2D eigenvalue weighted by Crippen LogP contribution is 2.40. The van der Waals surface area contributed by atoms with Crippen molar-refractivity contribution in [3.63, 3.8) is 0 Å². The number of hydrogen-bond donors (Lipinski definition) is 0. The topological polar surface area (TPSA) is 9.86 Å². The second kappa shape index (κ2) is 9.69. The molecule has 0 aliphatic heterocycles. The Morgan fingerprint density at radius 3 is 1.70 bits per heavy atom. The fraction of sp³-hybridized carbons (Fsp3) is 0. The summed E-state index contributed by atoms with van der Waals surface area (Å²) in [5, 5.41) is 11.5. The van der Waals surface area contributed by atoms with Crippen LogP contribution in [-0.4, -0.2) is 9.13 Å². The van der Waals surface area contributed by atoms with E-state index in [0.29, 0.717) is 0 Å². The van der Waals surface area contributed by atoms with Crippen LogP contribution in [0.5, 0.6) is 0 Å². The Bertz CT molecular complexity index is 2760. The molecule has 0 bridgehead atoms. The Labute approximate surface area is 266 Å². The van der Waals surface area contributed by atoms with Crippen LogP contribution in [0, 0.1) is 0 Å². The van der Waals surface area contributed by atoms with E-state index >= 15 is 0 Å². The van der Waals surface area contributed by atoms with E-state index in [9.17, 15) is 0 Å². The molecule has 10 rings (SSSR count). The van der Waals surface area contributed by atoms with Crippen LogP contribution in [-0.2, 0) is 0 Å². The summed E-state index contributed by atoms with van der Waals surface area (Å²) in [6.45, 7) is 0. The lowest BCUT2D eigenvalue weighted by atomic mass is 9.92. The number of para-hydroxylation sites is 2. The van der Waals surface area contributed by atoms with Crippen LogP contribution >= 0.6 is 0 Å². The molecule has 10 aromatic rings. The first-order valence-corrected chi connectivity index (χ1v) is 15.9. The number of hydrogen-bond acceptors (Lipinski definition) is 0. The minimum absolute atomic E-state index is 1.16. The van der Waals surface area contributed by atoms with Crippen LogP contribution in [0.1, 0.15) is 0 Å². The van der Waals surface area contributed by atoms with E-state index in [0.717, 1.165) is 5.69 Å². The molecule has 0 aliphatic carbocycles. The number of nitrogens with zero attached hydrogens (tertiary/aromatic N) is 2. The molecule has 2 aromatic heterocycles. The van der Waals surface area contributed by atoms with Gasteiger partial charge in [-0.1, -0.05) is 115 Å². The number of benzene rings is 8. The first kappa shape index (κ1) is 25.2. The zero-order valence-electron chi connectivity index (χ0n) is 25.1. The maximum absolute atomic E-state index is 2.42. The van der Waals surface area contributed by atoms with Crippen molar-refractivity contribution in [2.24, 2.45) is 0 Å². The van der Waals surface area contributed by atoms with Crippen LogP contribution in [0.25, 0.3) is 87.5 Å². The molecular formula is C44H28N2. The van der Waals surface area contributed by atoms with Crippen LogP contribution in [0.4, 0.5) is 0 Å². The van der Waals surface area contributed by atoms with Crippen LogP contribution in [0.15, 0.2) is 170 Å². The first-order valence-electron chi connectivity index (χ1n) is 15.9. The zero-order chi connectivity index (χ0) is 30.2. The molecule has 2 heteroatoms. The highest BCUT2D eigenvalue weighted by Gasteiger charge is 2.17. The van der Waals surface area contributed by atoms with E-state index in [2.05, 4.69) is 179 Å². The highest BCUT2D eigenvalue weighted by atomic mass is 15.0. The fourth-order valence-electron chi connectivity index (χ4n) is 7.65. The molecule has 0 saturated heterocycles. The third-order valence-electron chi connectivity index (χ3n) is 9.72. The molecule has 8 aromatic carbocycles. The Morgan fingerprint density at radius 1 is 0.304 bits per heavy atom. The van der Waals surface area contributed by atoms with E-state index < -0.39 is 0 Å². The van der Waals surface area contributed by atoms with Crippen molar-refractivity contribution in [1.29, 1.82) is 0 Å². The average molecular weight is 585 g/mol. The maximum Gasteiger partial charge on any atom is 0.0635 e. The van der Waals surface area contributed by atoms with E-state index in [-0.39, 0.29) is 0 Å². The number of rotatable bonds is 3. The van der Waals surface area contributed by atoms with Gasteiger partial charge < -0.3 is 9.13 Å². The third-order valence-corrected chi connectivity index (χ3v) is 9.72. The Kier molecular flexibility index (Phi) is 5.31. The molecule has 214 valence electrons. The second-order valence-corrected chi connectivity index (χ2v) is 12.2. The smallest absolute Gasteiger partial charge is 0.0635 e. The van der Waals surface area contributed by atoms with Gasteiger partial charge in [-0.05, 0) is 92.0 Å². The zero-order valence-corrected chi connectivity index (χ0v) is 25.1. The summed E-state index contributed by atoms with van der Waals surface area (Å²) in [7, 11) is 0. The quantitative estimate of drug-likeness (QED) is 0.183. The molecule has 0 radical (unpaired) electrons. The Morgan fingerprint density at radius 2 is 0.913 bits per heavy atom. The van der Waals surface area contributed by atoms with Crippen molar-refractivity contribution in [3.05, 3.63) is 170 Å². The number of fused-ring (bicyclic) bond motifs is 11. The summed E-state index contributed by atoms with van der Waals surface area (Å²) in [4.78, 5) is 0. The van der Waals surface area contributed by atoms with Gasteiger partial charge in [0.25, 0.3) is 0 Å². The molecule has 2 nitrogen and oxygen atoms in total. The Balaban J connectivity index is 1.22. The minimum atomic E-state index is 1.16. The minimum Gasteiger partial charge on any atom is -0.316 e. The first-order chi connectivity index (χ1) is 22.8. The van der Waals surface area contributed by atoms with Crippen molar-refractivity contribution in [2.75, 3.05) is 0 Å². The molecule has 2 heterocycles. The van der Waals surface area contributed by atoms with Crippen LogP contribution in [0.2, 0.25) is 0 Å². The summed E-state index contributed by atoms with van der Waals surface area (Å²) < 4.78 is 4.76. The fourth-order valence-corrected chi connectivity index (χ4v) is 7.65. The monoisotopic (exact) mass is 584 g/mol. The van der Waals surface area contributed by atoms with E-state index in [1.807, 2.05) is 0 Å². The lowest BCUT2D eigenvalue weighted by Gasteiger charge is -2.14. The van der Waals surface area contributed by atoms with Crippen molar-refractivity contribution in [1.82, 2.24) is 9.13 Å². The summed E-state index contributed by atoms with van der Waals surface area (Å²) in [5.41, 5.74) is 8.49. The molecule has 0 fully saturated rings. The molecule has 0 saturated carbocycles. The van der Waals surface area contributed by atoms with E-state index in [1.165, 1.54) is 81.8 Å². The maximum atomic E-state index is 2.42. The summed E-state index contributed by atoms with van der Waals surface area (Å²) in [6, 6.07) is 59.7. The Hall–Kier alpha value is -6.12. The predicted octanol–water partition coefficient (Wildman–Crippen LogP) is 11.9. The van der Waals surface area contributed by atoms with Crippen LogP contribution in [0.3, 0.4) is 0 Å². The van der Waals surface area contributed by atoms with Crippen LogP contribution < -0.4 is 0 Å². The van der Waals surface area contributed by atoms with Gasteiger partial charge in [0.05, 0.1) is 16.6 Å². The van der Waals surface area contributed by atoms with Crippen molar-refractivity contribution in [3.8, 4) is 22.5 Å². The molecular weight excluding hydrogens is 556 g/mol. The molecule has 0 N–H and O–H groups in total. The van der Waals surface area contributed by atoms with E-state index in [4.69, 9.17) is 0 Å². The second-order valence-electron chi connectivity index (χ2n) is 12.2. The van der Waals surface area contributed by atoms with Crippen molar-refractivity contribution < 1.29 is 0 Å². The summed E-state index contributed by atoms with van der Waals surface area (Å²) >= 11 is 0. The molecule has 0 unspecified atom stereocenters. The van der Waals surface area contributed by atoms with Gasteiger partial charge in [0.15, 0.2) is 0 Å². The molecule has 0 amide bonds. The van der Waals surface area contributed by atoms with Crippen molar-refractivity contribution >= 4 is 65.0 Å². The van der Waals surface area contributed by atoms with Gasteiger partial charge in [0.1, 0.15) is 0 Å². The molecule has 0 spiro atoms. The van der Waals surface area contributed by atoms with Gasteiger partial charge >= 0.3 is 0 Å². The van der Waals surface area contributed by atoms with E-state index in [1.54, 1.807) is 0 Å². The van der Waals surface area contributed by atoms with Gasteiger partial charge in [-0.15, -0.1) is 0 Å². The third kappa shape index (κ3) is 3.59. The van der Waals surface area contributed by atoms with Crippen molar-refractivity contribution in [2.45, 2.75) is 0 Å². The van der Waals surface area contributed by atoms with Gasteiger partial charge in [-0.25, -0.2) is 0 Å². The highest BCUT2D eigenvalue weighted by molar-refractivity contribution is 6.26. The summed E-state index contributed by atoms with van der Waals surface area (Å²) in [6.07, 6.45) is 2.23. The molecule has 46 heavy (non-hydrogen) atoms. The lowest BCUT2D eigenvalue weighted by Crippen LogP contribution is -1.95. The van der Waals surface area contributed by atoms with Gasteiger partial charge in [0, 0.05) is 33.7 Å². The number of aromatic nitrogens is 2. The molecule has 0 aliphatic rings. The largest absolute Gasteiger partial charge is 0.316 e. The lowest BCUT2D eigenvalue weighted by molar-refractivity contribution is 1.13.